The van der Waals surface area contributed by atoms with Crippen molar-refractivity contribution in [3.05, 3.63) is 29.8 Å². The van der Waals surface area contributed by atoms with Gasteiger partial charge in [-0.1, -0.05) is 19.3 Å². The molecule has 1 saturated carbocycles. The lowest BCUT2D eigenvalue weighted by atomic mass is 9.81. The number of carbonyl (C=O) groups is 3. The maximum absolute atomic E-state index is 12.8. The summed E-state index contributed by atoms with van der Waals surface area (Å²) in [5, 5.41) is 16.8. The molecule has 1 atom stereocenters. The van der Waals surface area contributed by atoms with Crippen LogP contribution < -0.4 is 10.5 Å². The average molecular weight is 459 g/mol. The molecule has 9 nitrogen and oxygen atoms in total. The minimum Gasteiger partial charge on any atom is -0.494 e. The number of benzene rings is 1. The quantitative estimate of drug-likeness (QED) is 0.201. The number of aliphatic carboxylic acids is 1. The smallest absolute Gasteiger partial charge is 0.312 e. The molecular formula is C24H34N4O5. The number of rotatable bonds is 11. The van der Waals surface area contributed by atoms with Crippen molar-refractivity contribution in [2.75, 3.05) is 26.2 Å². The van der Waals surface area contributed by atoms with Crippen molar-refractivity contribution in [2.24, 2.45) is 11.7 Å². The summed E-state index contributed by atoms with van der Waals surface area (Å²) < 4.78 is 5.69. The van der Waals surface area contributed by atoms with Crippen molar-refractivity contribution in [1.82, 2.24) is 9.80 Å². The van der Waals surface area contributed by atoms with Crippen LogP contribution in [0.3, 0.4) is 0 Å². The Morgan fingerprint density at radius 2 is 1.79 bits per heavy atom. The van der Waals surface area contributed by atoms with Gasteiger partial charge >= 0.3 is 17.8 Å². The molecule has 0 spiro atoms. The van der Waals surface area contributed by atoms with Crippen LogP contribution >= 0.6 is 0 Å². The standard InChI is InChI=1S/C24H34N4O5/c25-22(26)18-8-10-19(11-9-18)33-15-5-4-12-27-13-14-28(24(32)23(27)31)20(16-21(29)30)17-6-2-1-3-7-17/h8-11,17,20H,1-7,12-16H2,(H3,25,26)(H,29,30). The van der Waals surface area contributed by atoms with Gasteiger partial charge in [0.15, 0.2) is 0 Å². The lowest BCUT2D eigenvalue weighted by molar-refractivity contribution is -0.160. The Morgan fingerprint density at radius 1 is 1.09 bits per heavy atom. The lowest BCUT2D eigenvalue weighted by Crippen LogP contribution is -2.59. The van der Waals surface area contributed by atoms with E-state index in [2.05, 4.69) is 0 Å². The second-order valence-corrected chi connectivity index (χ2v) is 8.85. The number of nitrogen functional groups attached to an aromatic ring is 1. The minimum atomic E-state index is -0.927. The Morgan fingerprint density at radius 3 is 2.42 bits per heavy atom. The Balaban J connectivity index is 1.45. The maximum atomic E-state index is 12.8. The molecule has 0 bridgehead atoms. The molecule has 3 rings (SSSR count). The van der Waals surface area contributed by atoms with Crippen molar-refractivity contribution < 1.29 is 24.2 Å². The van der Waals surface area contributed by atoms with Crippen molar-refractivity contribution in [2.45, 2.75) is 57.4 Å². The number of nitrogens with zero attached hydrogens (tertiary/aromatic N) is 2. The highest BCUT2D eigenvalue weighted by molar-refractivity contribution is 6.35. The number of unbranched alkanes of at least 4 members (excludes halogenated alkanes) is 1. The molecule has 1 aromatic carbocycles. The van der Waals surface area contributed by atoms with Crippen LogP contribution in [-0.4, -0.2) is 70.8 Å². The van der Waals surface area contributed by atoms with Crippen LogP contribution in [0.15, 0.2) is 24.3 Å². The second kappa shape index (κ2) is 11.7. The number of hydrogen-bond acceptors (Lipinski definition) is 5. The number of hydrogen-bond donors (Lipinski definition) is 3. The minimum absolute atomic E-state index is 0.00823. The predicted molar refractivity (Wildman–Crippen MR) is 123 cm³/mol. The van der Waals surface area contributed by atoms with Gasteiger partial charge in [-0.05, 0) is 55.9 Å². The third kappa shape index (κ3) is 6.69. The van der Waals surface area contributed by atoms with Crippen LogP contribution in [0.4, 0.5) is 0 Å². The van der Waals surface area contributed by atoms with Gasteiger partial charge in [0.25, 0.3) is 0 Å². The molecule has 2 amide bonds. The average Bonchev–Trinajstić information content (AvgIpc) is 2.81. The summed E-state index contributed by atoms with van der Waals surface area (Å²) in [4.78, 5) is 40.1. The van der Waals surface area contributed by atoms with Gasteiger partial charge in [0.05, 0.1) is 13.0 Å². The van der Waals surface area contributed by atoms with Crippen molar-refractivity contribution in [3.8, 4) is 5.75 Å². The molecule has 1 saturated heterocycles. The topological polar surface area (TPSA) is 137 Å². The molecule has 2 aliphatic rings. The zero-order valence-corrected chi connectivity index (χ0v) is 19.0. The van der Waals surface area contributed by atoms with Crippen molar-refractivity contribution >= 4 is 23.6 Å². The maximum Gasteiger partial charge on any atom is 0.312 e. The number of nitrogens with one attached hydrogen (secondary N) is 1. The molecule has 180 valence electrons. The van der Waals surface area contributed by atoms with Crippen LogP contribution in [-0.2, 0) is 14.4 Å². The summed E-state index contributed by atoms with van der Waals surface area (Å²) in [5.41, 5.74) is 6.07. The van der Waals surface area contributed by atoms with Gasteiger partial charge in [0.2, 0.25) is 0 Å². The number of carboxylic acids is 1. The molecule has 1 aliphatic heterocycles. The van der Waals surface area contributed by atoms with Crippen LogP contribution in [0.2, 0.25) is 0 Å². The fourth-order valence-corrected chi connectivity index (χ4v) is 4.77. The molecule has 9 heteroatoms. The van der Waals surface area contributed by atoms with Crippen molar-refractivity contribution in [3.63, 3.8) is 0 Å². The molecule has 0 radical (unpaired) electrons. The third-order valence-corrected chi connectivity index (χ3v) is 6.58. The summed E-state index contributed by atoms with van der Waals surface area (Å²) in [5.74, 6) is -1.18. The van der Waals surface area contributed by atoms with E-state index >= 15 is 0 Å². The van der Waals surface area contributed by atoms with E-state index in [0.717, 1.165) is 38.5 Å². The monoisotopic (exact) mass is 458 g/mol. The highest BCUT2D eigenvalue weighted by Gasteiger charge is 2.40. The number of piperazine rings is 1. The molecule has 33 heavy (non-hydrogen) atoms. The van der Waals surface area contributed by atoms with Crippen molar-refractivity contribution in [1.29, 1.82) is 5.41 Å². The van der Waals surface area contributed by atoms with Gasteiger partial charge in [-0.25, -0.2) is 0 Å². The summed E-state index contributed by atoms with van der Waals surface area (Å²) in [6, 6.07) is 6.58. The molecule has 1 aliphatic carbocycles. The first-order valence-corrected chi connectivity index (χ1v) is 11.8. The zero-order valence-electron chi connectivity index (χ0n) is 19.0. The van der Waals surface area contributed by atoms with Crippen LogP contribution in [0.25, 0.3) is 0 Å². The van der Waals surface area contributed by atoms with E-state index in [1.807, 2.05) is 0 Å². The third-order valence-electron chi connectivity index (χ3n) is 6.58. The largest absolute Gasteiger partial charge is 0.494 e. The number of amidine groups is 1. The molecular weight excluding hydrogens is 424 g/mol. The number of amides is 2. The molecule has 0 aromatic heterocycles. The van der Waals surface area contributed by atoms with Gasteiger partial charge in [0, 0.05) is 31.2 Å². The molecule has 1 unspecified atom stereocenters. The van der Waals surface area contributed by atoms with E-state index in [4.69, 9.17) is 15.9 Å². The first kappa shape index (κ1) is 24.5. The fraction of sp³-hybridized carbons (Fsp3) is 0.583. The summed E-state index contributed by atoms with van der Waals surface area (Å²) in [7, 11) is 0. The highest BCUT2D eigenvalue weighted by atomic mass is 16.5. The van der Waals surface area contributed by atoms with E-state index in [9.17, 15) is 19.5 Å². The SMILES string of the molecule is N=C(N)c1ccc(OCCCCN2CCN(C(CC(=O)O)C3CCCCC3)C(=O)C2=O)cc1. The Hall–Kier alpha value is -3.10. The number of ether oxygens (including phenoxy) is 1. The summed E-state index contributed by atoms with van der Waals surface area (Å²) in [6.45, 7) is 1.76. The zero-order chi connectivity index (χ0) is 23.8. The van der Waals surface area contributed by atoms with E-state index in [1.54, 1.807) is 29.2 Å². The van der Waals surface area contributed by atoms with E-state index in [1.165, 1.54) is 4.90 Å². The fourth-order valence-electron chi connectivity index (χ4n) is 4.77. The first-order valence-electron chi connectivity index (χ1n) is 11.8. The van der Waals surface area contributed by atoms with Crippen LogP contribution in [0.5, 0.6) is 5.75 Å². The van der Waals surface area contributed by atoms with E-state index in [-0.39, 0.29) is 18.2 Å². The van der Waals surface area contributed by atoms with Gasteiger partial charge in [0.1, 0.15) is 11.6 Å². The van der Waals surface area contributed by atoms with Gasteiger partial charge in [-0.3, -0.25) is 19.8 Å². The molecule has 1 aromatic rings. The predicted octanol–water partition coefficient (Wildman–Crippen LogP) is 2.22. The number of nitrogens with two attached hydrogens (primary N) is 1. The Labute approximate surface area is 194 Å². The van der Waals surface area contributed by atoms with Crippen LogP contribution in [0.1, 0.15) is 56.9 Å². The van der Waals surface area contributed by atoms with E-state index in [0.29, 0.717) is 44.0 Å². The number of carbonyl (C=O) groups excluding carboxylic acids is 2. The van der Waals surface area contributed by atoms with Gasteiger partial charge in [-0.2, -0.15) is 0 Å². The molecule has 4 N–H and O–H groups in total. The second-order valence-electron chi connectivity index (χ2n) is 8.85. The Kier molecular flexibility index (Phi) is 8.68. The molecule has 1 heterocycles. The number of carboxylic acid groups (broad SMARTS) is 1. The van der Waals surface area contributed by atoms with Crippen LogP contribution in [0, 0.1) is 11.3 Å². The van der Waals surface area contributed by atoms with Gasteiger partial charge in [-0.15, -0.1) is 0 Å². The normalized spacial score (nSPS) is 18.3. The van der Waals surface area contributed by atoms with E-state index < -0.39 is 23.8 Å². The Bertz CT molecular complexity index is 851. The first-order chi connectivity index (χ1) is 15.9. The molecule has 2 fully saturated rings. The highest BCUT2D eigenvalue weighted by Crippen LogP contribution is 2.31. The summed E-state index contributed by atoms with van der Waals surface area (Å²) >= 11 is 0. The summed E-state index contributed by atoms with van der Waals surface area (Å²) in [6.07, 6.45) is 6.39. The lowest BCUT2D eigenvalue weighted by Gasteiger charge is -2.42. The van der Waals surface area contributed by atoms with Gasteiger partial charge < -0.3 is 25.4 Å².